The lowest BCUT2D eigenvalue weighted by molar-refractivity contribution is -0.145. The van der Waals surface area contributed by atoms with Crippen LogP contribution in [-0.2, 0) is 24.4 Å². The van der Waals surface area contributed by atoms with E-state index in [2.05, 4.69) is 58.5 Å². The molecule has 1 aliphatic carbocycles. The van der Waals surface area contributed by atoms with Crippen molar-refractivity contribution in [3.05, 3.63) is 167 Å². The number of anilines is 1. The number of fused-ring (bicyclic) bond motifs is 2. The number of para-hydroxylation sites is 2. The maximum atomic E-state index is 14.4. The van der Waals surface area contributed by atoms with Gasteiger partial charge in [-0.05, 0) is 58.5 Å². The van der Waals surface area contributed by atoms with Gasteiger partial charge in [0, 0.05) is 35.7 Å². The van der Waals surface area contributed by atoms with Crippen LogP contribution >= 0.6 is 0 Å². The lowest BCUT2D eigenvalue weighted by atomic mass is 9.63. The van der Waals surface area contributed by atoms with E-state index in [1.165, 1.54) is 12.1 Å². The number of halogens is 3. The molecule has 5 aromatic carbocycles. The molecule has 6 nitrogen and oxygen atoms in total. The third kappa shape index (κ3) is 5.48. The molecule has 0 saturated heterocycles. The lowest BCUT2D eigenvalue weighted by Crippen LogP contribution is -2.53. The van der Waals surface area contributed by atoms with Gasteiger partial charge in [0.1, 0.15) is 0 Å². The van der Waals surface area contributed by atoms with Crippen molar-refractivity contribution in [2.75, 3.05) is 11.9 Å². The average molecular weight is 688 g/mol. The zero-order chi connectivity index (χ0) is 35.5. The van der Waals surface area contributed by atoms with Crippen LogP contribution in [0, 0.1) is 5.92 Å². The van der Waals surface area contributed by atoms with Gasteiger partial charge >= 0.3 is 6.18 Å². The molecule has 2 heterocycles. The number of aliphatic hydroxyl groups is 2. The minimum absolute atomic E-state index is 0.221. The van der Waals surface area contributed by atoms with E-state index in [-0.39, 0.29) is 5.69 Å². The van der Waals surface area contributed by atoms with E-state index in [0.29, 0.717) is 12.8 Å². The second-order valence-electron chi connectivity index (χ2n) is 13.6. The number of aliphatic hydroxyl groups excluding tert-OH is 2. The van der Waals surface area contributed by atoms with Gasteiger partial charge < -0.3 is 20.2 Å². The van der Waals surface area contributed by atoms with Gasteiger partial charge in [0.25, 0.3) is 0 Å². The Labute approximate surface area is 293 Å². The van der Waals surface area contributed by atoms with E-state index < -0.39 is 52.8 Å². The van der Waals surface area contributed by atoms with Crippen molar-refractivity contribution in [2.45, 2.75) is 42.6 Å². The number of benzene rings is 5. The van der Waals surface area contributed by atoms with Crippen molar-refractivity contribution in [2.24, 2.45) is 5.92 Å². The normalized spacial score (nSPS) is 23.8. The third-order valence-corrected chi connectivity index (χ3v) is 10.7. The van der Waals surface area contributed by atoms with Crippen molar-refractivity contribution in [1.29, 1.82) is 0 Å². The highest BCUT2D eigenvalue weighted by molar-refractivity contribution is 5.83. The SMILES string of the molecule is CN1C(=CC2C(O)C(c3c(C(F)(F)F)nn(-c4ccccc4)c3O)C2O)C(Cc2ccccc2)(Cc2ccc3ccccc3c2)c2ccccc21. The number of allylic oxidation sites excluding steroid dienone is 1. The second kappa shape index (κ2) is 12.4. The maximum Gasteiger partial charge on any atom is 0.435 e. The molecule has 2 aliphatic rings. The van der Waals surface area contributed by atoms with Crippen LogP contribution in [0.1, 0.15) is 33.9 Å². The molecule has 1 aliphatic heterocycles. The number of nitrogens with zero attached hydrogens (tertiary/aromatic N) is 3. The molecule has 0 radical (unpaired) electrons. The number of aromatic hydroxyl groups is 1. The Bertz CT molecular complexity index is 2240. The average Bonchev–Trinajstić information content (AvgIpc) is 3.59. The van der Waals surface area contributed by atoms with E-state index in [0.717, 1.165) is 43.5 Å². The third-order valence-electron chi connectivity index (χ3n) is 10.7. The summed E-state index contributed by atoms with van der Waals surface area (Å²) in [7, 11) is 1.95. The minimum Gasteiger partial charge on any atom is -0.493 e. The summed E-state index contributed by atoms with van der Waals surface area (Å²) < 4.78 is 44.0. The van der Waals surface area contributed by atoms with Gasteiger partial charge in [0.15, 0.2) is 5.69 Å². The molecule has 0 amide bonds. The zero-order valence-corrected chi connectivity index (χ0v) is 27.7. The van der Waals surface area contributed by atoms with Gasteiger partial charge in [-0.25, -0.2) is 4.68 Å². The van der Waals surface area contributed by atoms with E-state index in [1.807, 2.05) is 61.7 Å². The molecule has 51 heavy (non-hydrogen) atoms. The topological polar surface area (TPSA) is 81.8 Å². The Morgan fingerprint density at radius 3 is 2.06 bits per heavy atom. The molecule has 9 heteroatoms. The monoisotopic (exact) mass is 687 g/mol. The van der Waals surface area contributed by atoms with Gasteiger partial charge in [-0.3, -0.25) is 0 Å². The van der Waals surface area contributed by atoms with E-state index in [4.69, 9.17) is 0 Å². The second-order valence-corrected chi connectivity index (χ2v) is 13.6. The van der Waals surface area contributed by atoms with Gasteiger partial charge in [0.2, 0.25) is 5.88 Å². The Hall–Kier alpha value is -5.38. The van der Waals surface area contributed by atoms with Crippen LogP contribution in [0.4, 0.5) is 18.9 Å². The molecule has 1 saturated carbocycles. The number of aromatic nitrogens is 2. The molecule has 3 N–H and O–H groups in total. The summed E-state index contributed by atoms with van der Waals surface area (Å²) in [5, 5.41) is 40.5. The number of likely N-dealkylation sites (N-methyl/N-ethyl adjacent to an activating group) is 1. The van der Waals surface area contributed by atoms with Crippen LogP contribution in [0.25, 0.3) is 16.5 Å². The summed E-state index contributed by atoms with van der Waals surface area (Å²) in [6.07, 6.45) is -4.78. The molecule has 8 rings (SSSR count). The first kappa shape index (κ1) is 32.8. The molecule has 6 aromatic rings. The van der Waals surface area contributed by atoms with Gasteiger partial charge in [-0.15, -0.1) is 0 Å². The highest BCUT2D eigenvalue weighted by Crippen LogP contribution is 2.55. The van der Waals surface area contributed by atoms with Crippen molar-refractivity contribution in [1.82, 2.24) is 9.78 Å². The Balaban J connectivity index is 1.24. The van der Waals surface area contributed by atoms with Crippen LogP contribution in [0.15, 0.2) is 139 Å². The first-order valence-electron chi connectivity index (χ1n) is 16.9. The molecule has 0 bridgehead atoms. The Morgan fingerprint density at radius 2 is 1.35 bits per heavy atom. The molecular formula is C42H36F3N3O3. The number of hydrogen-bond donors (Lipinski definition) is 3. The molecular weight excluding hydrogens is 651 g/mol. The predicted molar refractivity (Wildman–Crippen MR) is 191 cm³/mol. The zero-order valence-electron chi connectivity index (χ0n) is 27.7. The summed E-state index contributed by atoms with van der Waals surface area (Å²) in [6.45, 7) is 0. The fourth-order valence-electron chi connectivity index (χ4n) is 8.25. The number of rotatable bonds is 7. The van der Waals surface area contributed by atoms with Crippen molar-refractivity contribution < 1.29 is 28.5 Å². The molecule has 3 unspecified atom stereocenters. The van der Waals surface area contributed by atoms with E-state index in [9.17, 15) is 28.5 Å². The van der Waals surface area contributed by atoms with Crippen LogP contribution in [0.2, 0.25) is 0 Å². The van der Waals surface area contributed by atoms with Crippen LogP contribution < -0.4 is 4.90 Å². The molecule has 1 fully saturated rings. The van der Waals surface area contributed by atoms with Crippen molar-refractivity contribution in [3.63, 3.8) is 0 Å². The molecule has 258 valence electrons. The molecule has 1 aromatic heterocycles. The molecule has 3 atom stereocenters. The van der Waals surface area contributed by atoms with Crippen LogP contribution in [0.3, 0.4) is 0 Å². The number of hydrogen-bond acceptors (Lipinski definition) is 5. The summed E-state index contributed by atoms with van der Waals surface area (Å²) >= 11 is 0. The lowest BCUT2D eigenvalue weighted by Gasteiger charge is -2.46. The highest BCUT2D eigenvalue weighted by atomic mass is 19.4. The summed E-state index contributed by atoms with van der Waals surface area (Å²) in [5.41, 5.74) is 2.70. The Morgan fingerprint density at radius 1 is 0.745 bits per heavy atom. The van der Waals surface area contributed by atoms with Gasteiger partial charge in [0.05, 0.1) is 23.5 Å². The van der Waals surface area contributed by atoms with E-state index >= 15 is 0 Å². The summed E-state index contributed by atoms with van der Waals surface area (Å²) in [6, 6.07) is 40.8. The number of alkyl halides is 3. The van der Waals surface area contributed by atoms with E-state index in [1.54, 1.807) is 18.2 Å². The quantitative estimate of drug-likeness (QED) is 0.159. The highest BCUT2D eigenvalue weighted by Gasteiger charge is 2.56. The smallest absolute Gasteiger partial charge is 0.435 e. The van der Waals surface area contributed by atoms with Crippen LogP contribution in [-0.4, -0.2) is 44.4 Å². The van der Waals surface area contributed by atoms with Crippen molar-refractivity contribution in [3.8, 4) is 11.6 Å². The Kier molecular flexibility index (Phi) is 8.00. The first-order chi connectivity index (χ1) is 24.6. The fourth-order valence-corrected chi connectivity index (χ4v) is 8.25. The molecule has 0 spiro atoms. The van der Waals surface area contributed by atoms with Crippen molar-refractivity contribution >= 4 is 16.5 Å². The standard InChI is InChI=1S/C42H36F3N3O3/c1-47-33-19-11-10-18-32(33)41(24-26-12-4-2-5-13-26,25-27-20-21-28-14-8-9-15-29(28)22-27)34(47)23-31-37(49)35(38(31)50)36-39(42(43,44)45)46-48(40(36)51)30-16-6-3-7-17-30/h2-23,31,35,37-38,49-51H,24-25H2,1H3. The largest absolute Gasteiger partial charge is 0.493 e. The fraction of sp³-hybridized carbons (Fsp3) is 0.214. The first-order valence-corrected chi connectivity index (χ1v) is 16.9. The minimum atomic E-state index is -4.94. The summed E-state index contributed by atoms with van der Waals surface area (Å²) in [4.78, 5) is 2.07. The summed E-state index contributed by atoms with van der Waals surface area (Å²) in [5.74, 6) is -3.10. The maximum absolute atomic E-state index is 14.4. The predicted octanol–water partition coefficient (Wildman–Crippen LogP) is 7.94. The van der Waals surface area contributed by atoms with Gasteiger partial charge in [-0.1, -0.05) is 115 Å². The van der Waals surface area contributed by atoms with Gasteiger partial charge in [-0.2, -0.15) is 18.3 Å². The van der Waals surface area contributed by atoms with Crippen LogP contribution in [0.5, 0.6) is 5.88 Å².